The van der Waals surface area contributed by atoms with Crippen molar-refractivity contribution in [1.29, 1.82) is 0 Å². The van der Waals surface area contributed by atoms with Crippen molar-refractivity contribution in [2.45, 2.75) is 39.0 Å². The predicted molar refractivity (Wildman–Crippen MR) is 72.5 cm³/mol. The molecule has 0 aliphatic heterocycles. The van der Waals surface area contributed by atoms with E-state index in [1.165, 1.54) is 31.4 Å². The van der Waals surface area contributed by atoms with Gasteiger partial charge in [0.15, 0.2) is 5.82 Å². The number of benzene rings is 1. The van der Waals surface area contributed by atoms with Gasteiger partial charge in [-0.2, -0.15) is 0 Å². The van der Waals surface area contributed by atoms with E-state index in [0.717, 1.165) is 12.8 Å². The molecule has 0 spiro atoms. The van der Waals surface area contributed by atoms with Crippen LogP contribution in [0.2, 0.25) is 5.02 Å². The van der Waals surface area contributed by atoms with E-state index in [-0.39, 0.29) is 10.6 Å². The number of rotatable bonds is 7. The molecule has 100 valence electrons. The van der Waals surface area contributed by atoms with E-state index in [2.05, 4.69) is 12.2 Å². The predicted octanol–water partition coefficient (Wildman–Crippen LogP) is 4.18. The molecule has 1 aromatic carbocycles. The molecule has 4 heteroatoms. The summed E-state index contributed by atoms with van der Waals surface area (Å²) in [7, 11) is 0. The highest BCUT2D eigenvalue weighted by Crippen LogP contribution is 2.17. The third-order valence-electron chi connectivity index (χ3n) is 2.76. The largest absolute Gasteiger partial charge is 0.352 e. The maximum absolute atomic E-state index is 13.5. The summed E-state index contributed by atoms with van der Waals surface area (Å²) >= 11 is 5.62. The number of hydrogen-bond acceptors (Lipinski definition) is 1. The summed E-state index contributed by atoms with van der Waals surface area (Å²) in [5, 5.41) is 2.68. The van der Waals surface area contributed by atoms with E-state index in [9.17, 15) is 9.18 Å². The van der Waals surface area contributed by atoms with Crippen molar-refractivity contribution < 1.29 is 9.18 Å². The second-order valence-corrected chi connectivity index (χ2v) is 4.68. The number of carbonyl (C=O) groups is 1. The summed E-state index contributed by atoms with van der Waals surface area (Å²) in [5.74, 6) is -1.05. The Morgan fingerprint density at radius 1 is 1.28 bits per heavy atom. The molecule has 0 unspecified atom stereocenters. The number of hydrogen-bond donors (Lipinski definition) is 1. The quantitative estimate of drug-likeness (QED) is 0.741. The summed E-state index contributed by atoms with van der Waals surface area (Å²) in [6.07, 6.45) is 5.61. The second-order valence-electron chi connectivity index (χ2n) is 4.27. The summed E-state index contributed by atoms with van der Waals surface area (Å²) in [5.41, 5.74) is 0.0102. The SMILES string of the molecule is CCCCCCCNC(=O)c1cccc(Cl)c1F. The van der Waals surface area contributed by atoms with Gasteiger partial charge in [0, 0.05) is 6.54 Å². The van der Waals surface area contributed by atoms with Crippen LogP contribution in [-0.2, 0) is 0 Å². The molecule has 0 saturated carbocycles. The van der Waals surface area contributed by atoms with Crippen LogP contribution >= 0.6 is 11.6 Å². The molecule has 0 radical (unpaired) electrons. The van der Waals surface area contributed by atoms with Gasteiger partial charge in [-0.25, -0.2) is 4.39 Å². The summed E-state index contributed by atoms with van der Waals surface area (Å²) < 4.78 is 13.5. The monoisotopic (exact) mass is 271 g/mol. The van der Waals surface area contributed by atoms with Crippen LogP contribution in [-0.4, -0.2) is 12.5 Å². The lowest BCUT2D eigenvalue weighted by atomic mass is 10.1. The van der Waals surface area contributed by atoms with Crippen LogP contribution in [0.4, 0.5) is 4.39 Å². The summed E-state index contributed by atoms with van der Waals surface area (Å²) in [4.78, 5) is 11.7. The number of unbranched alkanes of at least 4 members (excludes halogenated alkanes) is 4. The minimum atomic E-state index is -0.650. The molecule has 2 nitrogen and oxygen atoms in total. The number of nitrogens with one attached hydrogen (secondary N) is 1. The third kappa shape index (κ3) is 4.65. The van der Waals surface area contributed by atoms with E-state index in [1.54, 1.807) is 6.07 Å². The fourth-order valence-electron chi connectivity index (χ4n) is 1.70. The van der Waals surface area contributed by atoms with Gasteiger partial charge in [-0.15, -0.1) is 0 Å². The molecule has 1 aromatic rings. The Morgan fingerprint density at radius 2 is 2.00 bits per heavy atom. The lowest BCUT2D eigenvalue weighted by Gasteiger charge is -2.06. The molecule has 1 N–H and O–H groups in total. The Bertz CT molecular complexity index is 395. The lowest BCUT2D eigenvalue weighted by Crippen LogP contribution is -2.25. The minimum absolute atomic E-state index is 0.0102. The van der Waals surface area contributed by atoms with Crippen LogP contribution in [0.15, 0.2) is 18.2 Å². The zero-order valence-corrected chi connectivity index (χ0v) is 11.4. The molecular weight excluding hydrogens is 253 g/mol. The standard InChI is InChI=1S/C14H19ClFNO/c1-2-3-4-5-6-10-17-14(18)11-8-7-9-12(15)13(11)16/h7-9H,2-6,10H2,1H3,(H,17,18). The Morgan fingerprint density at radius 3 is 2.72 bits per heavy atom. The van der Waals surface area contributed by atoms with Gasteiger partial charge in [-0.1, -0.05) is 50.3 Å². The molecule has 1 amide bonds. The fourth-order valence-corrected chi connectivity index (χ4v) is 1.88. The van der Waals surface area contributed by atoms with Crippen molar-refractivity contribution >= 4 is 17.5 Å². The van der Waals surface area contributed by atoms with Gasteiger partial charge in [-0.05, 0) is 18.6 Å². The first-order valence-corrected chi connectivity index (χ1v) is 6.76. The molecule has 0 saturated heterocycles. The minimum Gasteiger partial charge on any atom is -0.352 e. The number of carbonyl (C=O) groups excluding carboxylic acids is 1. The Kier molecular flexibility index (Phi) is 6.73. The molecule has 18 heavy (non-hydrogen) atoms. The molecule has 0 heterocycles. The number of halogens is 2. The zero-order chi connectivity index (χ0) is 13.4. The zero-order valence-electron chi connectivity index (χ0n) is 10.6. The van der Waals surface area contributed by atoms with Gasteiger partial charge in [0.05, 0.1) is 10.6 Å². The van der Waals surface area contributed by atoms with Gasteiger partial charge >= 0.3 is 0 Å². The third-order valence-corrected chi connectivity index (χ3v) is 3.05. The van der Waals surface area contributed by atoms with Gasteiger partial charge in [0.1, 0.15) is 0 Å². The van der Waals surface area contributed by atoms with Gasteiger partial charge in [0.25, 0.3) is 5.91 Å². The van der Waals surface area contributed by atoms with Gasteiger partial charge in [0.2, 0.25) is 0 Å². The summed E-state index contributed by atoms with van der Waals surface area (Å²) in [6, 6.07) is 4.44. The maximum Gasteiger partial charge on any atom is 0.254 e. The van der Waals surface area contributed by atoms with Crippen molar-refractivity contribution in [1.82, 2.24) is 5.32 Å². The molecule has 1 rings (SSSR count). The highest BCUT2D eigenvalue weighted by atomic mass is 35.5. The molecular formula is C14H19ClFNO. The Balaban J connectivity index is 2.35. The second kappa shape index (κ2) is 8.09. The lowest BCUT2D eigenvalue weighted by molar-refractivity contribution is 0.0949. The van der Waals surface area contributed by atoms with Crippen LogP contribution in [0.1, 0.15) is 49.4 Å². The van der Waals surface area contributed by atoms with Crippen molar-refractivity contribution in [3.05, 3.63) is 34.6 Å². The first-order valence-electron chi connectivity index (χ1n) is 6.39. The van der Waals surface area contributed by atoms with Crippen LogP contribution < -0.4 is 5.32 Å². The van der Waals surface area contributed by atoms with E-state index in [0.29, 0.717) is 6.54 Å². The van der Waals surface area contributed by atoms with Crippen molar-refractivity contribution in [3.63, 3.8) is 0 Å². The average Bonchev–Trinajstić information content (AvgIpc) is 2.36. The maximum atomic E-state index is 13.5. The Labute approximate surface area is 113 Å². The topological polar surface area (TPSA) is 29.1 Å². The van der Waals surface area contributed by atoms with Crippen molar-refractivity contribution in [2.24, 2.45) is 0 Å². The van der Waals surface area contributed by atoms with Crippen molar-refractivity contribution in [3.8, 4) is 0 Å². The van der Waals surface area contributed by atoms with Crippen LogP contribution in [0.5, 0.6) is 0 Å². The Hall–Kier alpha value is -1.09. The van der Waals surface area contributed by atoms with Crippen LogP contribution in [0.3, 0.4) is 0 Å². The van der Waals surface area contributed by atoms with Crippen LogP contribution in [0, 0.1) is 5.82 Å². The molecule has 0 bridgehead atoms. The molecule has 0 aromatic heterocycles. The molecule has 0 atom stereocenters. The average molecular weight is 272 g/mol. The smallest absolute Gasteiger partial charge is 0.254 e. The van der Waals surface area contributed by atoms with Crippen molar-refractivity contribution in [2.75, 3.05) is 6.54 Å². The number of amides is 1. The first kappa shape index (κ1) is 15.0. The van der Waals surface area contributed by atoms with Crippen LogP contribution in [0.25, 0.3) is 0 Å². The van der Waals surface area contributed by atoms with Gasteiger partial charge < -0.3 is 5.32 Å². The molecule has 0 aliphatic carbocycles. The fraction of sp³-hybridized carbons (Fsp3) is 0.500. The highest BCUT2D eigenvalue weighted by Gasteiger charge is 2.13. The van der Waals surface area contributed by atoms with Gasteiger partial charge in [-0.3, -0.25) is 4.79 Å². The van der Waals surface area contributed by atoms with E-state index >= 15 is 0 Å². The molecule has 0 aliphatic rings. The highest BCUT2D eigenvalue weighted by molar-refractivity contribution is 6.31. The van der Waals surface area contributed by atoms with E-state index in [1.807, 2.05) is 0 Å². The summed E-state index contributed by atoms with van der Waals surface area (Å²) in [6.45, 7) is 2.73. The molecule has 0 fully saturated rings. The normalized spacial score (nSPS) is 10.4. The van der Waals surface area contributed by atoms with E-state index in [4.69, 9.17) is 11.6 Å². The first-order chi connectivity index (χ1) is 8.66. The van der Waals surface area contributed by atoms with E-state index < -0.39 is 11.7 Å².